The van der Waals surface area contributed by atoms with Crippen molar-refractivity contribution in [2.45, 2.75) is 37.5 Å². The highest BCUT2D eigenvalue weighted by molar-refractivity contribution is 7.07. The summed E-state index contributed by atoms with van der Waals surface area (Å²) in [6, 6.07) is 13.8. The van der Waals surface area contributed by atoms with E-state index in [4.69, 9.17) is 33.7 Å². The Morgan fingerprint density at radius 3 is 2.45 bits per heavy atom. The van der Waals surface area contributed by atoms with Crippen LogP contribution in [0.1, 0.15) is 45.7 Å². The second kappa shape index (κ2) is 11.0. The van der Waals surface area contributed by atoms with Crippen LogP contribution in [-0.4, -0.2) is 44.7 Å². The lowest BCUT2D eigenvalue weighted by atomic mass is 9.86. The highest BCUT2D eigenvalue weighted by atomic mass is 35.5. The van der Waals surface area contributed by atoms with Crippen molar-refractivity contribution in [1.29, 1.82) is 0 Å². The molecule has 42 heavy (non-hydrogen) atoms. The Kier molecular flexibility index (Phi) is 7.53. The van der Waals surface area contributed by atoms with Crippen LogP contribution in [0.4, 0.5) is 4.48 Å². The summed E-state index contributed by atoms with van der Waals surface area (Å²) < 4.78 is 22.7. The molecule has 0 bridgehead atoms. The molecule has 0 saturated heterocycles. The Hall–Kier alpha value is -3.41. The molecule has 2 aromatic carbocycles. The maximum atomic E-state index is 16.5. The number of rotatable bonds is 10. The first kappa shape index (κ1) is 28.7. The van der Waals surface area contributed by atoms with Gasteiger partial charge in [0.15, 0.2) is 0 Å². The third-order valence-corrected chi connectivity index (χ3v) is 9.08. The zero-order valence-electron chi connectivity index (χ0n) is 22.1. The number of carbonyl (C=O) groups excluding carboxylic acids is 2. The van der Waals surface area contributed by atoms with Gasteiger partial charge in [-0.25, -0.2) is 4.98 Å². The number of aliphatic hydroxyl groups excluding tert-OH is 1. The SMILES string of the molecule is NC(=O)C1(CO[C@@]2(C(O)Cc3cscn3)c3ccc(-c4ccc(Cl)cc4)c(Cc4ccc(Cl)cn4)c3C(=O)N2F)CC1. The molecule has 1 fully saturated rings. The average Bonchev–Trinajstić information content (AvgIpc) is 3.54. The summed E-state index contributed by atoms with van der Waals surface area (Å²) >= 11 is 13.5. The molecule has 1 saturated carbocycles. The predicted octanol–water partition coefficient (Wildman–Crippen LogP) is 5.48. The van der Waals surface area contributed by atoms with E-state index in [0.29, 0.717) is 45.4 Å². The lowest BCUT2D eigenvalue weighted by Crippen LogP contribution is -2.52. The van der Waals surface area contributed by atoms with Crippen LogP contribution < -0.4 is 5.73 Å². The summed E-state index contributed by atoms with van der Waals surface area (Å²) in [5.74, 6) is -1.56. The van der Waals surface area contributed by atoms with Crippen molar-refractivity contribution in [2.24, 2.45) is 11.1 Å². The van der Waals surface area contributed by atoms with Gasteiger partial charge in [0.2, 0.25) is 11.6 Å². The molecule has 12 heteroatoms. The molecule has 0 spiro atoms. The molecule has 2 aromatic heterocycles. The van der Waals surface area contributed by atoms with Gasteiger partial charge in [-0.2, -0.15) is 0 Å². The van der Waals surface area contributed by atoms with Gasteiger partial charge in [-0.05, 0) is 53.8 Å². The minimum absolute atomic E-state index is 0.0444. The summed E-state index contributed by atoms with van der Waals surface area (Å²) in [7, 11) is 0. The van der Waals surface area contributed by atoms with Gasteiger partial charge >= 0.3 is 0 Å². The van der Waals surface area contributed by atoms with Crippen molar-refractivity contribution in [3.05, 3.63) is 104 Å². The number of ether oxygens (including phenoxy) is 1. The van der Waals surface area contributed by atoms with Crippen LogP contribution in [0.5, 0.6) is 0 Å². The number of primary amides is 1. The van der Waals surface area contributed by atoms with Gasteiger partial charge in [0, 0.05) is 40.7 Å². The average molecular weight is 628 g/mol. The van der Waals surface area contributed by atoms with Crippen molar-refractivity contribution in [3.63, 3.8) is 0 Å². The van der Waals surface area contributed by atoms with Crippen LogP contribution in [0.25, 0.3) is 11.1 Å². The number of hydrogen-bond donors (Lipinski definition) is 2. The van der Waals surface area contributed by atoms with Crippen LogP contribution in [0.2, 0.25) is 10.0 Å². The molecule has 216 valence electrons. The summed E-state index contributed by atoms with van der Waals surface area (Å²) in [5, 5.41) is 14.3. The standard InChI is InChI=1S/C30H25Cl2FN4O4S/c31-18-3-1-17(2-4-18)22-7-8-24-26(23(22)11-20-6-5-19(32)13-35-20)27(39)37(33)30(24,25(38)12-21-14-42-16-36-21)41-15-29(9-10-29)28(34)40/h1-8,13-14,16,25,38H,9-12,15H2,(H2,34,40)/t25?,30-/m1/s1. The highest BCUT2D eigenvalue weighted by Gasteiger charge is 2.60. The molecule has 1 aliphatic carbocycles. The number of amides is 2. The van der Waals surface area contributed by atoms with Gasteiger partial charge < -0.3 is 15.6 Å². The predicted molar refractivity (Wildman–Crippen MR) is 157 cm³/mol. The molecular weight excluding hydrogens is 602 g/mol. The van der Waals surface area contributed by atoms with E-state index < -0.39 is 29.1 Å². The fourth-order valence-corrected chi connectivity index (χ4v) is 6.21. The number of nitrogens with two attached hydrogens (primary N) is 1. The first-order valence-corrected chi connectivity index (χ1v) is 14.9. The Bertz CT molecular complexity index is 1650. The fourth-order valence-electron chi connectivity index (χ4n) is 5.40. The monoisotopic (exact) mass is 626 g/mol. The number of fused-ring (bicyclic) bond motifs is 1. The number of aromatic nitrogens is 2. The van der Waals surface area contributed by atoms with Crippen LogP contribution >= 0.6 is 34.5 Å². The van der Waals surface area contributed by atoms with Crippen molar-refractivity contribution in [2.75, 3.05) is 6.61 Å². The summed E-state index contributed by atoms with van der Waals surface area (Å²) in [4.78, 5) is 34.7. The van der Waals surface area contributed by atoms with Gasteiger partial charge in [-0.15, -0.1) is 16.5 Å². The molecule has 2 atom stereocenters. The lowest BCUT2D eigenvalue weighted by Gasteiger charge is -2.38. The van der Waals surface area contributed by atoms with E-state index in [-0.39, 0.29) is 35.7 Å². The van der Waals surface area contributed by atoms with E-state index in [1.807, 2.05) is 0 Å². The summed E-state index contributed by atoms with van der Waals surface area (Å²) in [5.41, 5.74) is 7.16. The van der Waals surface area contributed by atoms with Crippen molar-refractivity contribution in [3.8, 4) is 11.1 Å². The zero-order valence-corrected chi connectivity index (χ0v) is 24.4. The minimum Gasteiger partial charge on any atom is -0.387 e. The first-order valence-electron chi connectivity index (χ1n) is 13.2. The molecule has 2 aliphatic rings. The largest absolute Gasteiger partial charge is 0.387 e. The van der Waals surface area contributed by atoms with Crippen LogP contribution in [0.15, 0.2) is 65.6 Å². The first-order chi connectivity index (χ1) is 20.1. The number of benzene rings is 2. The van der Waals surface area contributed by atoms with E-state index in [1.165, 1.54) is 17.5 Å². The number of aliphatic hydroxyl groups is 1. The second-order valence-electron chi connectivity index (χ2n) is 10.6. The maximum absolute atomic E-state index is 16.5. The van der Waals surface area contributed by atoms with Crippen molar-refractivity contribution < 1.29 is 23.9 Å². The van der Waals surface area contributed by atoms with Gasteiger partial charge in [0.05, 0.1) is 33.8 Å². The van der Waals surface area contributed by atoms with Gasteiger partial charge in [0.25, 0.3) is 5.91 Å². The third kappa shape index (κ3) is 4.97. The summed E-state index contributed by atoms with van der Waals surface area (Å²) in [6.07, 6.45) is 0.915. The topological polar surface area (TPSA) is 119 Å². The van der Waals surface area contributed by atoms with Crippen LogP contribution in [-0.2, 0) is 28.1 Å². The molecular formula is C30H25Cl2FN4O4S. The molecule has 8 nitrogen and oxygen atoms in total. The van der Waals surface area contributed by atoms with E-state index in [1.54, 1.807) is 59.4 Å². The van der Waals surface area contributed by atoms with Gasteiger partial charge in [-0.3, -0.25) is 14.6 Å². The zero-order chi connectivity index (χ0) is 29.6. The molecule has 1 aliphatic heterocycles. The smallest absolute Gasteiger partial charge is 0.285 e. The van der Waals surface area contributed by atoms with Crippen LogP contribution in [0.3, 0.4) is 0 Å². The molecule has 6 rings (SSSR count). The number of hydrogen-bond acceptors (Lipinski definition) is 7. The molecule has 3 heterocycles. The normalized spacial score (nSPS) is 19.5. The quantitative estimate of drug-likeness (QED) is 0.225. The number of thiazole rings is 1. The van der Waals surface area contributed by atoms with Gasteiger partial charge in [0.1, 0.15) is 6.10 Å². The Morgan fingerprint density at radius 1 is 1.10 bits per heavy atom. The number of halogens is 3. The third-order valence-electron chi connectivity index (χ3n) is 7.97. The lowest BCUT2D eigenvalue weighted by molar-refractivity contribution is -0.258. The highest BCUT2D eigenvalue weighted by Crippen LogP contribution is 2.51. The van der Waals surface area contributed by atoms with Crippen molar-refractivity contribution >= 4 is 46.4 Å². The van der Waals surface area contributed by atoms with Crippen molar-refractivity contribution in [1.82, 2.24) is 15.1 Å². The van der Waals surface area contributed by atoms with E-state index >= 15 is 4.48 Å². The fraction of sp³-hybridized carbons (Fsp3) is 0.267. The molecule has 2 amide bonds. The number of carbonyl (C=O) groups is 2. The number of nitrogens with zero attached hydrogens (tertiary/aromatic N) is 3. The van der Waals surface area contributed by atoms with E-state index in [9.17, 15) is 14.7 Å². The maximum Gasteiger partial charge on any atom is 0.285 e. The number of pyridine rings is 1. The Morgan fingerprint density at radius 2 is 1.83 bits per heavy atom. The van der Waals surface area contributed by atoms with E-state index in [0.717, 1.165) is 5.56 Å². The van der Waals surface area contributed by atoms with Gasteiger partial charge in [-0.1, -0.05) is 51.9 Å². The Labute approximate surface area is 254 Å². The second-order valence-corrected chi connectivity index (χ2v) is 12.2. The molecule has 0 radical (unpaired) electrons. The summed E-state index contributed by atoms with van der Waals surface area (Å²) in [6.45, 7) is -0.267. The molecule has 4 aromatic rings. The Balaban J connectivity index is 1.53. The molecule has 1 unspecified atom stereocenters. The van der Waals surface area contributed by atoms with Crippen LogP contribution in [0, 0.1) is 5.41 Å². The minimum atomic E-state index is -2.25. The molecule has 3 N–H and O–H groups in total. The van der Waals surface area contributed by atoms with E-state index in [2.05, 4.69) is 9.97 Å².